The van der Waals surface area contributed by atoms with Crippen LogP contribution in [0.15, 0.2) is 108 Å². The van der Waals surface area contributed by atoms with Gasteiger partial charge in [-0.2, -0.15) is 0 Å². The second-order valence-corrected chi connectivity index (χ2v) is 13.1. The lowest BCUT2D eigenvalue weighted by atomic mass is 10.0. The van der Waals surface area contributed by atoms with E-state index in [0.29, 0.717) is 17.7 Å². The lowest BCUT2D eigenvalue weighted by Crippen LogP contribution is -2.50. The zero-order valence-corrected chi connectivity index (χ0v) is 26.5. The molecule has 0 heterocycles. The first-order chi connectivity index (χ1) is 22.2. The van der Waals surface area contributed by atoms with Gasteiger partial charge >= 0.3 is 0 Å². The number of carbonyl (C=O) groups is 2. The second kappa shape index (κ2) is 15.2. The summed E-state index contributed by atoms with van der Waals surface area (Å²) in [5.41, 5.74) is 3.16. The van der Waals surface area contributed by atoms with E-state index in [-0.39, 0.29) is 48.7 Å². The summed E-state index contributed by atoms with van der Waals surface area (Å²) in [6.07, 6.45) is 2.38. The summed E-state index contributed by atoms with van der Waals surface area (Å²) in [5, 5.41) is 3.00. The first-order valence-electron chi connectivity index (χ1n) is 15.3. The number of nitrogens with one attached hydrogen (secondary N) is 2. The molecule has 0 aliphatic heterocycles. The van der Waals surface area contributed by atoms with Crippen molar-refractivity contribution >= 4 is 21.8 Å². The fourth-order valence-electron chi connectivity index (χ4n) is 5.21. The van der Waals surface area contributed by atoms with E-state index >= 15 is 0 Å². The van der Waals surface area contributed by atoms with Crippen LogP contribution in [0.1, 0.15) is 41.5 Å². The van der Waals surface area contributed by atoms with Crippen LogP contribution in [0.25, 0.3) is 0 Å². The van der Waals surface area contributed by atoms with Crippen LogP contribution in [0.3, 0.4) is 0 Å². The molecule has 2 N–H and O–H groups in total. The maximum absolute atomic E-state index is 14.0. The molecule has 0 saturated heterocycles. The van der Waals surface area contributed by atoms with Gasteiger partial charge in [-0.3, -0.25) is 9.59 Å². The molecule has 1 fully saturated rings. The highest BCUT2D eigenvalue weighted by Crippen LogP contribution is 2.23. The predicted octanol–water partition coefficient (Wildman–Crippen LogP) is 5.16. The van der Waals surface area contributed by atoms with Crippen LogP contribution >= 0.6 is 0 Å². The van der Waals surface area contributed by atoms with E-state index in [1.54, 1.807) is 48.4 Å². The van der Waals surface area contributed by atoms with E-state index < -0.39 is 21.9 Å². The van der Waals surface area contributed by atoms with Crippen molar-refractivity contribution in [3.05, 3.63) is 131 Å². The third-order valence-corrected chi connectivity index (χ3v) is 9.48. The van der Waals surface area contributed by atoms with Crippen molar-refractivity contribution in [2.24, 2.45) is 0 Å². The number of halogens is 1. The number of sulfonamides is 1. The maximum Gasteiger partial charge on any atom is 0.243 e. The van der Waals surface area contributed by atoms with E-state index in [9.17, 15) is 22.4 Å². The normalized spacial score (nSPS) is 13.5. The summed E-state index contributed by atoms with van der Waals surface area (Å²) < 4.78 is 47.0. The summed E-state index contributed by atoms with van der Waals surface area (Å²) in [6.45, 7) is 0.306. The molecule has 5 rings (SSSR count). The highest BCUT2D eigenvalue weighted by molar-refractivity contribution is 7.89. The van der Waals surface area contributed by atoms with Crippen LogP contribution in [0, 0.1) is 5.82 Å². The number of amides is 2. The molecule has 4 aromatic carbocycles. The van der Waals surface area contributed by atoms with Crippen molar-refractivity contribution in [3.63, 3.8) is 0 Å². The lowest BCUT2D eigenvalue weighted by Gasteiger charge is -2.32. The molecule has 0 radical (unpaired) electrons. The average Bonchev–Trinajstić information content (AvgIpc) is 3.89. The quantitative estimate of drug-likeness (QED) is 0.186. The van der Waals surface area contributed by atoms with Crippen LogP contribution in [-0.2, 0) is 45.5 Å². The molecular weight excluding hydrogens is 605 g/mol. The Morgan fingerprint density at radius 3 is 2.20 bits per heavy atom. The van der Waals surface area contributed by atoms with Crippen LogP contribution in [-0.4, -0.2) is 44.3 Å². The van der Waals surface area contributed by atoms with Crippen molar-refractivity contribution in [1.29, 1.82) is 0 Å². The number of carbonyl (C=O) groups excluding carboxylic acids is 2. The molecule has 8 nitrogen and oxygen atoms in total. The smallest absolute Gasteiger partial charge is 0.243 e. The van der Waals surface area contributed by atoms with Crippen LogP contribution < -0.4 is 14.8 Å². The van der Waals surface area contributed by atoms with Gasteiger partial charge in [0.05, 0.1) is 12.0 Å². The zero-order valence-electron chi connectivity index (χ0n) is 25.7. The SMILES string of the molecule is COc1ccccc1CNC(=O)[C@@H](Cc1ccccc1)N(Cc1ccc(F)cc1)C(=O)CCc1ccc(S(=O)(=O)NC2CC2)cc1. The van der Waals surface area contributed by atoms with Crippen molar-refractivity contribution in [2.45, 2.75) is 62.2 Å². The first kappa shape index (κ1) is 32.8. The topological polar surface area (TPSA) is 105 Å². The van der Waals surface area contributed by atoms with E-state index in [2.05, 4.69) is 10.0 Å². The van der Waals surface area contributed by atoms with Gasteiger partial charge in [0.2, 0.25) is 21.8 Å². The molecule has 0 bridgehead atoms. The largest absolute Gasteiger partial charge is 0.496 e. The lowest BCUT2D eigenvalue weighted by molar-refractivity contribution is -0.141. The maximum atomic E-state index is 14.0. The zero-order chi connectivity index (χ0) is 32.5. The molecule has 1 saturated carbocycles. The monoisotopic (exact) mass is 643 g/mol. The minimum atomic E-state index is -3.58. The van der Waals surface area contributed by atoms with Crippen molar-refractivity contribution in [3.8, 4) is 5.75 Å². The van der Waals surface area contributed by atoms with Gasteiger partial charge in [-0.05, 0) is 66.3 Å². The highest BCUT2D eigenvalue weighted by atomic mass is 32.2. The van der Waals surface area contributed by atoms with Gasteiger partial charge in [-0.1, -0.05) is 72.8 Å². The number of hydrogen-bond acceptors (Lipinski definition) is 5. The summed E-state index contributed by atoms with van der Waals surface area (Å²) in [5.74, 6) is -0.341. The average molecular weight is 644 g/mol. The molecule has 1 aliphatic rings. The van der Waals surface area contributed by atoms with E-state index in [0.717, 1.165) is 29.5 Å². The summed E-state index contributed by atoms with van der Waals surface area (Å²) >= 11 is 0. The van der Waals surface area contributed by atoms with E-state index in [1.165, 1.54) is 12.1 Å². The molecule has 1 aliphatic carbocycles. The van der Waals surface area contributed by atoms with Crippen molar-refractivity contribution < 1.29 is 27.1 Å². The van der Waals surface area contributed by atoms with Crippen LogP contribution in [0.4, 0.5) is 4.39 Å². The van der Waals surface area contributed by atoms with Crippen molar-refractivity contribution in [2.75, 3.05) is 7.11 Å². The molecule has 240 valence electrons. The molecule has 1 atom stereocenters. The van der Waals surface area contributed by atoms with Gasteiger partial charge < -0.3 is 15.0 Å². The van der Waals surface area contributed by atoms with E-state index in [1.807, 2.05) is 54.6 Å². The minimum absolute atomic E-state index is 0.00476. The molecular formula is C36H38FN3O5S. The van der Waals surface area contributed by atoms with Gasteiger partial charge in [0.1, 0.15) is 17.6 Å². The molecule has 0 unspecified atom stereocenters. The first-order valence-corrected chi connectivity index (χ1v) is 16.8. The second-order valence-electron chi connectivity index (χ2n) is 11.4. The summed E-state index contributed by atoms with van der Waals surface area (Å²) in [7, 11) is -2.01. The van der Waals surface area contributed by atoms with Gasteiger partial charge in [0.15, 0.2) is 0 Å². The number of rotatable bonds is 15. The number of benzene rings is 4. The standard InChI is InChI=1S/C36H38FN3O5S/c1-45-34-10-6-5-9-29(34)24-38-36(42)33(23-27-7-3-2-4-8-27)40(25-28-11-16-30(37)17-12-28)35(41)22-15-26-13-20-32(21-14-26)46(43,44)39-31-18-19-31/h2-14,16-17,20-21,31,33,39H,15,18-19,22-25H2,1H3,(H,38,42)/t33-/m1/s1. The number of ether oxygens (including phenoxy) is 1. The number of methoxy groups -OCH3 is 1. The molecule has 2 amide bonds. The van der Waals surface area contributed by atoms with Gasteiger partial charge in [0.25, 0.3) is 0 Å². The fraction of sp³-hybridized carbons (Fsp3) is 0.278. The Morgan fingerprint density at radius 1 is 0.870 bits per heavy atom. The Hall–Kier alpha value is -4.54. The molecule has 46 heavy (non-hydrogen) atoms. The Labute approximate surface area is 269 Å². The molecule has 4 aromatic rings. The summed E-state index contributed by atoms with van der Waals surface area (Å²) in [4.78, 5) is 29.7. The molecule has 10 heteroatoms. The third kappa shape index (κ3) is 9.02. The molecule has 0 spiro atoms. The number of nitrogens with zero attached hydrogens (tertiary/aromatic N) is 1. The Kier molecular flexibility index (Phi) is 10.8. The Morgan fingerprint density at radius 2 is 1.52 bits per heavy atom. The Bertz CT molecular complexity index is 1730. The molecule has 0 aromatic heterocycles. The van der Waals surface area contributed by atoms with Gasteiger partial charge in [-0.25, -0.2) is 17.5 Å². The number of aryl methyl sites for hydroxylation is 1. The number of para-hydroxylation sites is 1. The fourth-order valence-corrected chi connectivity index (χ4v) is 6.51. The van der Waals surface area contributed by atoms with Gasteiger partial charge in [-0.15, -0.1) is 0 Å². The minimum Gasteiger partial charge on any atom is -0.496 e. The van der Waals surface area contributed by atoms with Crippen LogP contribution in [0.2, 0.25) is 0 Å². The number of hydrogen-bond donors (Lipinski definition) is 2. The summed E-state index contributed by atoms with van der Waals surface area (Å²) in [6, 6.07) is 28.4. The highest BCUT2D eigenvalue weighted by Gasteiger charge is 2.31. The van der Waals surface area contributed by atoms with Gasteiger partial charge in [0, 0.05) is 37.5 Å². The predicted molar refractivity (Wildman–Crippen MR) is 174 cm³/mol. The van der Waals surface area contributed by atoms with E-state index in [4.69, 9.17) is 4.74 Å². The van der Waals surface area contributed by atoms with Crippen LogP contribution in [0.5, 0.6) is 5.75 Å². The Balaban J connectivity index is 1.37. The van der Waals surface area contributed by atoms with Crippen molar-refractivity contribution in [1.82, 2.24) is 14.9 Å². The third-order valence-electron chi connectivity index (χ3n) is 7.94.